The number of sulfonamides is 1. The van der Waals surface area contributed by atoms with Crippen molar-refractivity contribution in [1.29, 1.82) is 0 Å². The number of esters is 1. The van der Waals surface area contributed by atoms with Crippen LogP contribution in [-0.2, 0) is 30.8 Å². The SMILES string of the molecule is NS(=O)(=O)c1cccc(NC(=O)COC(=O)Cc2ccc(Cl)cc2Cl)c1. The predicted molar refractivity (Wildman–Crippen MR) is 97.6 cm³/mol. The van der Waals surface area contributed by atoms with Gasteiger partial charge in [0.05, 0.1) is 11.3 Å². The summed E-state index contributed by atoms with van der Waals surface area (Å²) in [5.41, 5.74) is 0.723. The van der Waals surface area contributed by atoms with E-state index in [2.05, 4.69) is 5.32 Å². The van der Waals surface area contributed by atoms with Crippen LogP contribution in [0.5, 0.6) is 0 Å². The summed E-state index contributed by atoms with van der Waals surface area (Å²) < 4.78 is 27.4. The van der Waals surface area contributed by atoms with Crippen molar-refractivity contribution in [1.82, 2.24) is 0 Å². The van der Waals surface area contributed by atoms with Crippen LogP contribution in [0, 0.1) is 0 Å². The summed E-state index contributed by atoms with van der Waals surface area (Å²) in [6.45, 7) is -0.538. The number of halogens is 2. The van der Waals surface area contributed by atoms with Crippen molar-refractivity contribution < 1.29 is 22.7 Å². The first-order chi connectivity index (χ1) is 12.1. The molecule has 0 radical (unpaired) electrons. The number of carbonyl (C=O) groups excluding carboxylic acids is 2. The number of anilines is 1. The van der Waals surface area contributed by atoms with Gasteiger partial charge in [-0.05, 0) is 35.9 Å². The molecule has 0 saturated carbocycles. The van der Waals surface area contributed by atoms with E-state index in [1.54, 1.807) is 12.1 Å². The van der Waals surface area contributed by atoms with E-state index < -0.39 is 28.5 Å². The van der Waals surface area contributed by atoms with Crippen LogP contribution in [0.25, 0.3) is 0 Å². The van der Waals surface area contributed by atoms with Crippen molar-refractivity contribution in [3.05, 3.63) is 58.1 Å². The Bertz CT molecular complexity index is 947. The van der Waals surface area contributed by atoms with Gasteiger partial charge in [0.2, 0.25) is 10.0 Å². The molecule has 0 aliphatic rings. The fourth-order valence-electron chi connectivity index (χ4n) is 1.97. The van der Waals surface area contributed by atoms with Gasteiger partial charge < -0.3 is 10.1 Å². The molecule has 2 aromatic rings. The molecule has 0 bridgehead atoms. The monoisotopic (exact) mass is 416 g/mol. The molecule has 2 rings (SSSR count). The Hall–Kier alpha value is -2.13. The highest BCUT2D eigenvalue weighted by atomic mass is 35.5. The molecule has 7 nitrogen and oxygen atoms in total. The van der Waals surface area contributed by atoms with E-state index in [1.807, 2.05) is 0 Å². The number of nitrogens with one attached hydrogen (secondary N) is 1. The quantitative estimate of drug-likeness (QED) is 0.701. The molecule has 10 heteroatoms. The summed E-state index contributed by atoms with van der Waals surface area (Å²) in [6, 6.07) is 10.1. The van der Waals surface area contributed by atoms with Crippen LogP contribution < -0.4 is 10.5 Å². The summed E-state index contributed by atoms with van der Waals surface area (Å²) in [7, 11) is -3.89. The second-order valence-corrected chi connectivity index (χ2v) is 7.60. The summed E-state index contributed by atoms with van der Waals surface area (Å²) in [6.07, 6.45) is -0.121. The predicted octanol–water partition coefficient (Wildman–Crippen LogP) is 2.37. The molecule has 0 unspecified atom stereocenters. The molecule has 0 aromatic heterocycles. The molecule has 0 saturated heterocycles. The number of primary sulfonamides is 1. The molecule has 0 aliphatic carbocycles. The Kier molecular flexibility index (Phi) is 6.60. The first-order valence-electron chi connectivity index (χ1n) is 7.17. The first-order valence-corrected chi connectivity index (χ1v) is 9.47. The van der Waals surface area contributed by atoms with Gasteiger partial charge in [0.15, 0.2) is 6.61 Å². The average molecular weight is 417 g/mol. The van der Waals surface area contributed by atoms with Crippen molar-refractivity contribution in [2.75, 3.05) is 11.9 Å². The summed E-state index contributed by atoms with van der Waals surface area (Å²) in [4.78, 5) is 23.5. The second-order valence-electron chi connectivity index (χ2n) is 5.19. The Morgan fingerprint density at radius 3 is 2.50 bits per heavy atom. The zero-order valence-electron chi connectivity index (χ0n) is 13.2. The number of hydrogen-bond donors (Lipinski definition) is 2. The maximum atomic E-state index is 11.8. The smallest absolute Gasteiger partial charge is 0.310 e. The summed E-state index contributed by atoms with van der Waals surface area (Å²) >= 11 is 11.7. The van der Waals surface area contributed by atoms with Crippen molar-refractivity contribution >= 4 is 50.8 Å². The van der Waals surface area contributed by atoms with Crippen LogP contribution in [0.15, 0.2) is 47.4 Å². The molecule has 3 N–H and O–H groups in total. The molecule has 0 atom stereocenters. The van der Waals surface area contributed by atoms with Crippen molar-refractivity contribution in [3.63, 3.8) is 0 Å². The van der Waals surface area contributed by atoms with E-state index in [0.29, 0.717) is 15.6 Å². The molecular formula is C16H14Cl2N2O5S. The number of benzene rings is 2. The minimum absolute atomic E-state index is 0.121. The largest absolute Gasteiger partial charge is 0.455 e. The molecule has 0 fully saturated rings. The topological polar surface area (TPSA) is 116 Å². The third-order valence-electron chi connectivity index (χ3n) is 3.16. The standard InChI is InChI=1S/C16H14Cl2N2O5S/c17-11-5-4-10(14(18)7-11)6-16(22)25-9-15(21)20-12-2-1-3-13(8-12)26(19,23)24/h1-5,7-8H,6,9H2,(H,20,21)(H2,19,23,24). The maximum Gasteiger partial charge on any atom is 0.310 e. The van der Waals surface area contributed by atoms with Crippen molar-refractivity contribution in [2.24, 2.45) is 5.14 Å². The fourth-order valence-corrected chi connectivity index (χ4v) is 3.00. The Balaban J connectivity index is 1.89. The van der Waals surface area contributed by atoms with Gasteiger partial charge in [0, 0.05) is 15.7 Å². The molecular weight excluding hydrogens is 403 g/mol. The maximum absolute atomic E-state index is 11.8. The van der Waals surface area contributed by atoms with Gasteiger partial charge in [-0.25, -0.2) is 13.6 Å². The van der Waals surface area contributed by atoms with E-state index in [1.165, 1.54) is 30.3 Å². The van der Waals surface area contributed by atoms with Crippen LogP contribution in [0.1, 0.15) is 5.56 Å². The number of carbonyl (C=O) groups is 2. The zero-order valence-corrected chi connectivity index (χ0v) is 15.6. The van der Waals surface area contributed by atoms with Gasteiger partial charge in [-0.3, -0.25) is 9.59 Å². The summed E-state index contributed by atoms with van der Waals surface area (Å²) in [5.74, 6) is -1.28. The third-order valence-corrected chi connectivity index (χ3v) is 4.66. The van der Waals surface area contributed by atoms with Crippen LogP contribution >= 0.6 is 23.2 Å². The minimum atomic E-state index is -3.89. The number of amides is 1. The lowest BCUT2D eigenvalue weighted by molar-refractivity contribution is -0.146. The average Bonchev–Trinajstić information content (AvgIpc) is 2.55. The van der Waals surface area contributed by atoms with Crippen LogP contribution in [-0.4, -0.2) is 26.9 Å². The lowest BCUT2D eigenvalue weighted by Crippen LogP contribution is -2.22. The van der Waals surface area contributed by atoms with Gasteiger partial charge in [-0.1, -0.05) is 35.3 Å². The molecule has 138 valence electrons. The highest BCUT2D eigenvalue weighted by molar-refractivity contribution is 7.89. The molecule has 2 aromatic carbocycles. The van der Waals surface area contributed by atoms with E-state index in [9.17, 15) is 18.0 Å². The van der Waals surface area contributed by atoms with E-state index >= 15 is 0 Å². The number of ether oxygens (including phenoxy) is 1. The summed E-state index contributed by atoms with van der Waals surface area (Å²) in [5, 5.41) is 8.19. The van der Waals surface area contributed by atoms with E-state index in [-0.39, 0.29) is 17.0 Å². The van der Waals surface area contributed by atoms with Crippen molar-refractivity contribution in [2.45, 2.75) is 11.3 Å². The molecule has 0 spiro atoms. The van der Waals surface area contributed by atoms with Gasteiger partial charge in [0.25, 0.3) is 5.91 Å². The Morgan fingerprint density at radius 2 is 1.85 bits per heavy atom. The Labute approximate surface area is 160 Å². The Morgan fingerprint density at radius 1 is 1.12 bits per heavy atom. The zero-order chi connectivity index (χ0) is 19.3. The lowest BCUT2D eigenvalue weighted by atomic mass is 10.1. The van der Waals surface area contributed by atoms with Crippen LogP contribution in [0.4, 0.5) is 5.69 Å². The first kappa shape index (κ1) is 20.2. The van der Waals surface area contributed by atoms with Crippen LogP contribution in [0.3, 0.4) is 0 Å². The highest BCUT2D eigenvalue weighted by Crippen LogP contribution is 2.21. The van der Waals surface area contributed by atoms with Crippen molar-refractivity contribution in [3.8, 4) is 0 Å². The third kappa shape index (κ3) is 5.99. The van der Waals surface area contributed by atoms with Gasteiger partial charge >= 0.3 is 5.97 Å². The number of hydrogen-bond acceptors (Lipinski definition) is 5. The number of rotatable bonds is 6. The lowest BCUT2D eigenvalue weighted by Gasteiger charge is -2.08. The minimum Gasteiger partial charge on any atom is -0.455 e. The van der Waals surface area contributed by atoms with Gasteiger partial charge in [-0.15, -0.1) is 0 Å². The highest BCUT2D eigenvalue weighted by Gasteiger charge is 2.13. The molecule has 0 aliphatic heterocycles. The normalized spacial score (nSPS) is 11.0. The molecule has 1 amide bonds. The molecule has 26 heavy (non-hydrogen) atoms. The number of nitrogens with two attached hydrogens (primary N) is 1. The van der Waals surface area contributed by atoms with Gasteiger partial charge in [0.1, 0.15) is 0 Å². The van der Waals surface area contributed by atoms with Gasteiger partial charge in [-0.2, -0.15) is 0 Å². The van der Waals surface area contributed by atoms with E-state index in [0.717, 1.165) is 0 Å². The molecule has 0 heterocycles. The second kappa shape index (κ2) is 8.50. The fraction of sp³-hybridized carbons (Fsp3) is 0.125. The van der Waals surface area contributed by atoms with Crippen LogP contribution in [0.2, 0.25) is 10.0 Å². The van der Waals surface area contributed by atoms with E-state index in [4.69, 9.17) is 33.1 Å².